The molecule has 0 aromatic carbocycles. The van der Waals surface area contributed by atoms with Gasteiger partial charge >= 0.3 is 37.7 Å². The van der Waals surface area contributed by atoms with Crippen molar-refractivity contribution in [1.29, 1.82) is 0 Å². The number of carboxylic acid groups (broad SMARTS) is 2. The van der Waals surface area contributed by atoms with Crippen LogP contribution < -0.4 is 31.5 Å². The van der Waals surface area contributed by atoms with Gasteiger partial charge in [-0.3, -0.25) is 0 Å². The molecule has 6 N–H and O–H groups in total. The minimum atomic E-state index is -1.10. The monoisotopic (exact) mass is 526 g/mol. The number of nitrogens with one attached hydrogen (secondary N) is 4. The molecular formula is C24H46CaN4O6. The van der Waals surface area contributed by atoms with Crippen LogP contribution in [0.1, 0.15) is 52.4 Å². The SMILES string of the molecule is C=CCCCC(O)CNCCNC(C)C(=O)[O-].C=CCCCC(O)CNCCNC(C)C(=O)[O-].[Ca+2]. The summed E-state index contributed by atoms with van der Waals surface area (Å²) < 4.78 is 0. The van der Waals surface area contributed by atoms with Crippen molar-refractivity contribution < 1.29 is 30.0 Å². The summed E-state index contributed by atoms with van der Waals surface area (Å²) in [5.74, 6) is -2.20. The summed E-state index contributed by atoms with van der Waals surface area (Å²) in [6, 6.07) is -1.29. The number of rotatable bonds is 22. The van der Waals surface area contributed by atoms with Crippen molar-refractivity contribution >= 4 is 49.7 Å². The molecule has 0 aromatic heterocycles. The minimum Gasteiger partial charge on any atom is -0.548 e. The number of hydrogen-bond donors (Lipinski definition) is 6. The maximum Gasteiger partial charge on any atom is 2.00 e. The van der Waals surface area contributed by atoms with Gasteiger partial charge in [0, 0.05) is 51.4 Å². The summed E-state index contributed by atoms with van der Waals surface area (Å²) in [4.78, 5) is 20.8. The molecule has 11 heteroatoms. The zero-order valence-corrected chi connectivity index (χ0v) is 23.8. The normalized spacial score (nSPS) is 13.8. The van der Waals surface area contributed by atoms with Crippen molar-refractivity contribution in [3.8, 4) is 0 Å². The Morgan fingerprint density at radius 3 is 1.40 bits per heavy atom. The predicted molar refractivity (Wildman–Crippen MR) is 137 cm³/mol. The van der Waals surface area contributed by atoms with E-state index < -0.39 is 24.0 Å². The number of unbranched alkanes of at least 4 members (excludes halogenated alkanes) is 2. The zero-order valence-electron chi connectivity index (χ0n) is 21.6. The summed E-state index contributed by atoms with van der Waals surface area (Å²) >= 11 is 0. The molecule has 4 atom stereocenters. The van der Waals surface area contributed by atoms with Crippen LogP contribution in [0.5, 0.6) is 0 Å². The van der Waals surface area contributed by atoms with E-state index in [0.29, 0.717) is 39.3 Å². The quantitative estimate of drug-likeness (QED) is 0.0511. The zero-order chi connectivity index (χ0) is 26.2. The summed E-state index contributed by atoms with van der Waals surface area (Å²) in [7, 11) is 0. The molecule has 0 saturated heterocycles. The average molecular weight is 527 g/mol. The topological polar surface area (TPSA) is 169 Å². The predicted octanol–water partition coefficient (Wildman–Crippen LogP) is -2.34. The van der Waals surface area contributed by atoms with Gasteiger partial charge in [-0.05, 0) is 52.4 Å². The fraction of sp³-hybridized carbons (Fsp3) is 0.750. The molecule has 0 aliphatic rings. The van der Waals surface area contributed by atoms with Crippen molar-refractivity contribution in [2.24, 2.45) is 0 Å². The van der Waals surface area contributed by atoms with Gasteiger partial charge in [-0.2, -0.15) is 0 Å². The Balaban J connectivity index is -0.000000569. The van der Waals surface area contributed by atoms with Gasteiger partial charge in [-0.25, -0.2) is 0 Å². The Morgan fingerprint density at radius 2 is 1.11 bits per heavy atom. The van der Waals surface area contributed by atoms with Crippen LogP contribution in [0.15, 0.2) is 25.3 Å². The van der Waals surface area contributed by atoms with Crippen molar-refractivity contribution in [2.45, 2.75) is 76.7 Å². The Morgan fingerprint density at radius 1 is 0.771 bits per heavy atom. The second-order valence-corrected chi connectivity index (χ2v) is 8.14. The molecule has 0 fully saturated rings. The largest absolute Gasteiger partial charge is 2.00 e. The van der Waals surface area contributed by atoms with Gasteiger partial charge in [-0.1, -0.05) is 12.2 Å². The number of aliphatic hydroxyl groups excluding tert-OH is 2. The molecule has 0 rings (SSSR count). The first-order valence-electron chi connectivity index (χ1n) is 12.0. The van der Waals surface area contributed by atoms with Crippen molar-refractivity contribution in [3.05, 3.63) is 25.3 Å². The van der Waals surface area contributed by atoms with Crippen LogP contribution in [0.4, 0.5) is 0 Å². The van der Waals surface area contributed by atoms with Gasteiger partial charge in [0.05, 0.1) is 24.1 Å². The summed E-state index contributed by atoms with van der Waals surface area (Å²) in [5.41, 5.74) is 0. The van der Waals surface area contributed by atoms with E-state index in [0.717, 1.165) is 38.5 Å². The van der Waals surface area contributed by atoms with E-state index in [-0.39, 0.29) is 49.9 Å². The van der Waals surface area contributed by atoms with Gasteiger partial charge in [0.15, 0.2) is 0 Å². The van der Waals surface area contributed by atoms with Gasteiger partial charge in [0.25, 0.3) is 0 Å². The number of aliphatic hydroxyl groups is 2. The third-order valence-electron chi connectivity index (χ3n) is 4.86. The van der Waals surface area contributed by atoms with E-state index in [4.69, 9.17) is 0 Å². The molecular weight excluding hydrogens is 480 g/mol. The maximum atomic E-state index is 10.4. The van der Waals surface area contributed by atoms with Gasteiger partial charge in [0.2, 0.25) is 0 Å². The summed E-state index contributed by atoms with van der Waals surface area (Å²) in [6.45, 7) is 13.7. The third kappa shape index (κ3) is 29.6. The Bertz CT molecular complexity index is 496. The van der Waals surface area contributed by atoms with Crippen LogP contribution in [0, 0.1) is 0 Å². The van der Waals surface area contributed by atoms with Crippen LogP contribution in [-0.4, -0.2) is 123 Å². The van der Waals surface area contributed by atoms with E-state index in [9.17, 15) is 30.0 Å². The summed E-state index contributed by atoms with van der Waals surface area (Å²) in [5, 5.41) is 51.5. The molecule has 10 nitrogen and oxygen atoms in total. The molecule has 4 unspecified atom stereocenters. The first kappa shape index (κ1) is 39.0. The Hall–Kier alpha value is -0.560. The fourth-order valence-corrected chi connectivity index (χ4v) is 2.66. The number of aliphatic carboxylic acids is 2. The standard InChI is InChI=1S/2C12H24N2O3.Ca/c2*1-3-4-5-6-11(15)9-13-7-8-14-10(2)12(16)17;/h2*3,10-11,13-15H,1,4-9H2,2H3,(H,16,17);/q;;+2/p-2. The van der Waals surface area contributed by atoms with Crippen molar-refractivity contribution in [3.63, 3.8) is 0 Å². The van der Waals surface area contributed by atoms with E-state index in [1.807, 2.05) is 12.2 Å². The fourth-order valence-electron chi connectivity index (χ4n) is 2.66. The molecule has 0 aliphatic carbocycles. The number of carboxylic acids is 2. The van der Waals surface area contributed by atoms with Crippen LogP contribution >= 0.6 is 0 Å². The number of hydrogen-bond acceptors (Lipinski definition) is 10. The third-order valence-corrected chi connectivity index (χ3v) is 4.86. The van der Waals surface area contributed by atoms with E-state index in [1.165, 1.54) is 0 Å². The average Bonchev–Trinajstić information content (AvgIpc) is 2.79. The molecule has 0 amide bonds. The molecule has 0 saturated carbocycles. The van der Waals surface area contributed by atoms with Gasteiger partial charge in [-0.15, -0.1) is 13.2 Å². The second kappa shape index (κ2) is 28.0. The second-order valence-electron chi connectivity index (χ2n) is 8.14. The molecule has 0 aromatic rings. The molecule has 35 heavy (non-hydrogen) atoms. The number of allylic oxidation sites excluding steroid dienone is 2. The molecule has 0 heterocycles. The van der Waals surface area contributed by atoms with Crippen LogP contribution in [0.25, 0.3) is 0 Å². The Labute approximate surface area is 241 Å². The molecule has 0 spiro atoms. The minimum absolute atomic E-state index is 0. The number of carbonyl (C=O) groups is 2. The first-order valence-corrected chi connectivity index (χ1v) is 12.0. The summed E-state index contributed by atoms with van der Waals surface area (Å²) in [6.07, 6.45) is 8.19. The maximum absolute atomic E-state index is 10.4. The van der Waals surface area contributed by atoms with Gasteiger partial charge < -0.3 is 51.3 Å². The van der Waals surface area contributed by atoms with E-state index in [2.05, 4.69) is 34.4 Å². The molecule has 0 radical (unpaired) electrons. The van der Waals surface area contributed by atoms with E-state index >= 15 is 0 Å². The van der Waals surface area contributed by atoms with Gasteiger partial charge in [0.1, 0.15) is 0 Å². The van der Waals surface area contributed by atoms with Crippen LogP contribution in [-0.2, 0) is 9.59 Å². The molecule has 0 aliphatic heterocycles. The molecule has 200 valence electrons. The Kier molecular flexibility index (Phi) is 31.2. The smallest absolute Gasteiger partial charge is 0.548 e. The first-order chi connectivity index (χ1) is 16.1. The van der Waals surface area contributed by atoms with E-state index in [1.54, 1.807) is 13.8 Å². The molecule has 0 bridgehead atoms. The van der Waals surface area contributed by atoms with Crippen molar-refractivity contribution in [1.82, 2.24) is 21.3 Å². The van der Waals surface area contributed by atoms with Crippen LogP contribution in [0.3, 0.4) is 0 Å². The number of carbonyl (C=O) groups excluding carboxylic acids is 2. The van der Waals surface area contributed by atoms with Crippen molar-refractivity contribution in [2.75, 3.05) is 39.3 Å². The van der Waals surface area contributed by atoms with Crippen LogP contribution in [0.2, 0.25) is 0 Å².